The van der Waals surface area contributed by atoms with Crippen LogP contribution in [0.15, 0.2) is 42.7 Å². The molecule has 2 aromatic rings. The minimum Gasteiger partial charge on any atom is -0.380 e. The average molecular weight is 354 g/mol. The van der Waals surface area contributed by atoms with Crippen LogP contribution in [0.4, 0.5) is 0 Å². The first-order valence-electron chi connectivity index (χ1n) is 9.25. The number of carbonyl (C=O) groups is 1. The Morgan fingerprint density at radius 3 is 2.96 bits per heavy atom. The Morgan fingerprint density at radius 2 is 2.19 bits per heavy atom. The topological polar surface area (TPSA) is 59.4 Å². The fourth-order valence-electron chi connectivity index (χ4n) is 4.23. The van der Waals surface area contributed by atoms with Gasteiger partial charge < -0.3 is 10.1 Å². The zero-order chi connectivity index (χ0) is 18.0. The molecule has 2 saturated heterocycles. The molecule has 2 atom stereocenters. The average Bonchev–Trinajstić information content (AvgIpc) is 3.30. The maximum absolute atomic E-state index is 13.0. The van der Waals surface area contributed by atoms with E-state index in [-0.39, 0.29) is 11.8 Å². The van der Waals surface area contributed by atoms with Crippen LogP contribution in [0.5, 0.6) is 0 Å². The van der Waals surface area contributed by atoms with E-state index < -0.39 is 5.41 Å². The summed E-state index contributed by atoms with van der Waals surface area (Å²) in [4.78, 5) is 15.4. The molecule has 0 unspecified atom stereocenters. The van der Waals surface area contributed by atoms with E-state index in [1.807, 2.05) is 42.3 Å². The van der Waals surface area contributed by atoms with Crippen LogP contribution in [0.25, 0.3) is 0 Å². The zero-order valence-electron chi connectivity index (χ0n) is 15.2. The molecule has 1 aromatic heterocycles. The van der Waals surface area contributed by atoms with E-state index >= 15 is 0 Å². The maximum atomic E-state index is 13.0. The second-order valence-corrected chi connectivity index (χ2v) is 7.55. The van der Waals surface area contributed by atoms with Gasteiger partial charge in [0.2, 0.25) is 5.91 Å². The lowest BCUT2D eigenvalue weighted by molar-refractivity contribution is -0.131. The van der Waals surface area contributed by atoms with Crippen molar-refractivity contribution in [3.63, 3.8) is 0 Å². The molecule has 0 aliphatic carbocycles. The molecule has 0 spiro atoms. The summed E-state index contributed by atoms with van der Waals surface area (Å²) in [5.41, 5.74) is 2.03. The minimum absolute atomic E-state index is 0.143. The number of fused-ring (bicyclic) bond motifs is 1. The number of aromatic nitrogens is 2. The predicted octanol–water partition coefficient (Wildman–Crippen LogP) is 1.23. The highest BCUT2D eigenvalue weighted by Gasteiger charge is 2.55. The van der Waals surface area contributed by atoms with Gasteiger partial charge in [0.1, 0.15) is 0 Å². The molecule has 0 bridgehead atoms. The third kappa shape index (κ3) is 3.39. The van der Waals surface area contributed by atoms with E-state index in [9.17, 15) is 4.79 Å². The van der Waals surface area contributed by atoms with Crippen LogP contribution in [0, 0.1) is 11.3 Å². The number of hydrogen-bond donors (Lipinski definition) is 1. The van der Waals surface area contributed by atoms with Crippen molar-refractivity contribution >= 4 is 5.91 Å². The Kier molecular flexibility index (Phi) is 4.78. The molecule has 26 heavy (non-hydrogen) atoms. The van der Waals surface area contributed by atoms with Gasteiger partial charge in [0.15, 0.2) is 0 Å². The summed E-state index contributed by atoms with van der Waals surface area (Å²) < 4.78 is 7.52. The van der Waals surface area contributed by atoms with Crippen molar-refractivity contribution in [2.24, 2.45) is 18.4 Å². The molecule has 0 saturated carbocycles. The van der Waals surface area contributed by atoms with Crippen molar-refractivity contribution in [3.05, 3.63) is 53.9 Å². The molecule has 1 N–H and O–H groups in total. The standard InChI is InChI=1S/C20H26N4O2/c1-23-10-17(9-22-23)11-24-12-18-13-26-15-20(18,14-24)19(25)21-8-7-16-5-3-2-4-6-16/h2-6,9-10,18H,7-8,11-15H2,1H3,(H,21,25)/t18-,20-/m1/s1. The van der Waals surface area contributed by atoms with Crippen LogP contribution in [0.1, 0.15) is 11.1 Å². The fraction of sp³-hybridized carbons (Fsp3) is 0.500. The van der Waals surface area contributed by atoms with Gasteiger partial charge in [0, 0.05) is 50.9 Å². The van der Waals surface area contributed by atoms with E-state index in [1.165, 1.54) is 11.1 Å². The van der Waals surface area contributed by atoms with Gasteiger partial charge in [-0.1, -0.05) is 30.3 Å². The first-order valence-corrected chi connectivity index (χ1v) is 9.25. The van der Waals surface area contributed by atoms with Crippen molar-refractivity contribution in [3.8, 4) is 0 Å². The highest BCUT2D eigenvalue weighted by atomic mass is 16.5. The Morgan fingerprint density at radius 1 is 1.35 bits per heavy atom. The molecule has 2 aliphatic heterocycles. The number of nitrogens with zero attached hydrogens (tertiary/aromatic N) is 3. The number of carbonyl (C=O) groups excluding carboxylic acids is 1. The number of aryl methyl sites for hydroxylation is 1. The molecule has 1 amide bonds. The third-order valence-electron chi connectivity index (χ3n) is 5.60. The maximum Gasteiger partial charge on any atom is 0.230 e. The SMILES string of the molecule is Cn1cc(CN2C[C@@H]3COC[C@]3(C(=O)NCCc3ccccc3)C2)cn1. The minimum atomic E-state index is -0.404. The van der Waals surface area contributed by atoms with Gasteiger partial charge in [0.05, 0.1) is 24.8 Å². The molecule has 6 nitrogen and oxygen atoms in total. The van der Waals surface area contributed by atoms with Gasteiger partial charge in [-0.2, -0.15) is 5.10 Å². The number of nitrogens with one attached hydrogen (secondary N) is 1. The molecule has 138 valence electrons. The molecular weight excluding hydrogens is 328 g/mol. The van der Waals surface area contributed by atoms with Crippen molar-refractivity contribution in [2.45, 2.75) is 13.0 Å². The van der Waals surface area contributed by atoms with Crippen molar-refractivity contribution in [1.29, 1.82) is 0 Å². The zero-order valence-corrected chi connectivity index (χ0v) is 15.2. The van der Waals surface area contributed by atoms with Crippen LogP contribution in [0.3, 0.4) is 0 Å². The normalized spacial score (nSPS) is 25.3. The summed E-state index contributed by atoms with van der Waals surface area (Å²) in [7, 11) is 1.93. The van der Waals surface area contributed by atoms with Crippen molar-refractivity contribution in [1.82, 2.24) is 20.0 Å². The van der Waals surface area contributed by atoms with E-state index in [0.717, 1.165) is 26.1 Å². The predicted molar refractivity (Wildman–Crippen MR) is 98.4 cm³/mol. The van der Waals surface area contributed by atoms with Gasteiger partial charge >= 0.3 is 0 Å². The third-order valence-corrected chi connectivity index (χ3v) is 5.60. The summed E-state index contributed by atoms with van der Waals surface area (Å²) in [6, 6.07) is 10.3. The molecule has 1 aromatic carbocycles. The molecule has 2 fully saturated rings. The number of benzene rings is 1. The Bertz CT molecular complexity index is 760. The van der Waals surface area contributed by atoms with Gasteiger partial charge in [-0.15, -0.1) is 0 Å². The second-order valence-electron chi connectivity index (χ2n) is 7.55. The summed E-state index contributed by atoms with van der Waals surface area (Å²) in [5, 5.41) is 7.40. The van der Waals surface area contributed by atoms with E-state index in [0.29, 0.717) is 19.8 Å². The summed E-state index contributed by atoms with van der Waals surface area (Å²) in [5.74, 6) is 0.417. The molecule has 4 rings (SSSR count). The van der Waals surface area contributed by atoms with Crippen LogP contribution < -0.4 is 5.32 Å². The Labute approximate surface area is 154 Å². The van der Waals surface area contributed by atoms with Crippen molar-refractivity contribution in [2.75, 3.05) is 32.8 Å². The van der Waals surface area contributed by atoms with Crippen LogP contribution in [-0.4, -0.2) is 53.4 Å². The van der Waals surface area contributed by atoms with E-state index in [1.54, 1.807) is 0 Å². The largest absolute Gasteiger partial charge is 0.380 e. The summed E-state index contributed by atoms with van der Waals surface area (Å²) in [6.07, 6.45) is 4.79. The molecule has 6 heteroatoms. The molecule has 2 aliphatic rings. The highest BCUT2D eigenvalue weighted by Crippen LogP contribution is 2.42. The lowest BCUT2D eigenvalue weighted by atomic mass is 9.80. The lowest BCUT2D eigenvalue weighted by Crippen LogP contribution is -2.47. The van der Waals surface area contributed by atoms with Crippen LogP contribution >= 0.6 is 0 Å². The van der Waals surface area contributed by atoms with E-state index in [2.05, 4.69) is 27.4 Å². The molecular formula is C20H26N4O2. The number of amides is 1. The van der Waals surface area contributed by atoms with Gasteiger partial charge in [0.25, 0.3) is 0 Å². The molecule has 3 heterocycles. The van der Waals surface area contributed by atoms with Crippen LogP contribution in [0.2, 0.25) is 0 Å². The number of hydrogen-bond acceptors (Lipinski definition) is 4. The first kappa shape index (κ1) is 17.2. The molecule has 0 radical (unpaired) electrons. The smallest absolute Gasteiger partial charge is 0.230 e. The summed E-state index contributed by atoms with van der Waals surface area (Å²) >= 11 is 0. The lowest BCUT2D eigenvalue weighted by Gasteiger charge is -2.26. The fourth-order valence-corrected chi connectivity index (χ4v) is 4.23. The number of rotatable bonds is 6. The van der Waals surface area contributed by atoms with E-state index in [4.69, 9.17) is 4.74 Å². The summed E-state index contributed by atoms with van der Waals surface area (Å²) in [6.45, 7) is 4.36. The number of likely N-dealkylation sites (tertiary alicyclic amines) is 1. The quantitative estimate of drug-likeness (QED) is 0.848. The highest BCUT2D eigenvalue weighted by molar-refractivity contribution is 5.84. The van der Waals surface area contributed by atoms with Gasteiger partial charge in [-0.25, -0.2) is 0 Å². The first-order chi connectivity index (χ1) is 12.7. The Hall–Kier alpha value is -2.18. The van der Waals surface area contributed by atoms with Gasteiger partial charge in [-0.3, -0.25) is 14.4 Å². The second kappa shape index (κ2) is 7.21. The Balaban J connectivity index is 1.36. The van der Waals surface area contributed by atoms with Crippen molar-refractivity contribution < 1.29 is 9.53 Å². The van der Waals surface area contributed by atoms with Crippen LogP contribution in [-0.2, 0) is 29.5 Å². The number of ether oxygens (including phenoxy) is 1. The van der Waals surface area contributed by atoms with Gasteiger partial charge in [-0.05, 0) is 12.0 Å². The monoisotopic (exact) mass is 354 g/mol.